The van der Waals surface area contributed by atoms with Gasteiger partial charge in [-0.1, -0.05) is 49.6 Å². The van der Waals surface area contributed by atoms with Crippen molar-refractivity contribution in [1.29, 1.82) is 0 Å². The number of benzene rings is 1. The van der Waals surface area contributed by atoms with Crippen LogP contribution in [0.25, 0.3) is 0 Å². The minimum atomic E-state index is -0.0321. The van der Waals surface area contributed by atoms with Gasteiger partial charge in [0.1, 0.15) is 0 Å². The lowest BCUT2D eigenvalue weighted by Crippen LogP contribution is -2.40. The molecule has 28 heavy (non-hydrogen) atoms. The van der Waals surface area contributed by atoms with Gasteiger partial charge in [0.25, 0.3) is 0 Å². The van der Waals surface area contributed by atoms with Crippen molar-refractivity contribution in [2.75, 3.05) is 19.6 Å². The zero-order valence-electron chi connectivity index (χ0n) is 17.0. The molecule has 0 radical (unpaired) electrons. The van der Waals surface area contributed by atoms with Gasteiger partial charge in [0, 0.05) is 38.0 Å². The molecule has 2 N–H and O–H groups in total. The largest absolute Gasteiger partial charge is 0.356 e. The lowest BCUT2D eigenvalue weighted by Gasteiger charge is -2.34. The maximum Gasteiger partial charge on any atom is 0.223 e. The van der Waals surface area contributed by atoms with Gasteiger partial charge in [-0.3, -0.25) is 14.5 Å². The molecule has 3 rings (SSSR count). The summed E-state index contributed by atoms with van der Waals surface area (Å²) in [7, 11) is 0. The third-order valence-corrected chi connectivity index (χ3v) is 6.21. The molecule has 1 aliphatic heterocycles. The summed E-state index contributed by atoms with van der Waals surface area (Å²) in [4.78, 5) is 27.5. The molecule has 1 saturated heterocycles. The first-order valence-corrected chi connectivity index (χ1v) is 11.0. The molecule has 5 heteroatoms. The predicted molar refractivity (Wildman–Crippen MR) is 112 cm³/mol. The fourth-order valence-electron chi connectivity index (χ4n) is 4.52. The topological polar surface area (TPSA) is 61.4 Å². The van der Waals surface area contributed by atoms with Gasteiger partial charge in [-0.05, 0) is 44.2 Å². The van der Waals surface area contributed by atoms with Gasteiger partial charge in [0.2, 0.25) is 11.8 Å². The van der Waals surface area contributed by atoms with E-state index in [1.54, 1.807) is 0 Å². The van der Waals surface area contributed by atoms with E-state index in [4.69, 9.17) is 0 Å². The van der Waals surface area contributed by atoms with Crippen LogP contribution in [0.4, 0.5) is 0 Å². The Labute approximate surface area is 169 Å². The van der Waals surface area contributed by atoms with E-state index in [1.807, 2.05) is 30.3 Å². The van der Waals surface area contributed by atoms with Crippen LogP contribution in [0.2, 0.25) is 0 Å². The van der Waals surface area contributed by atoms with Crippen LogP contribution >= 0.6 is 0 Å². The van der Waals surface area contributed by atoms with Crippen LogP contribution < -0.4 is 10.6 Å². The predicted octanol–water partition coefficient (Wildman–Crippen LogP) is 3.24. The van der Waals surface area contributed by atoms with Gasteiger partial charge in [-0.15, -0.1) is 0 Å². The Bertz CT molecular complexity index is 614. The van der Waals surface area contributed by atoms with Crippen molar-refractivity contribution in [1.82, 2.24) is 15.5 Å². The summed E-state index contributed by atoms with van der Waals surface area (Å²) in [6, 6.07) is 10.6. The van der Waals surface area contributed by atoms with Crippen molar-refractivity contribution >= 4 is 11.8 Å². The van der Waals surface area contributed by atoms with Gasteiger partial charge in [0.05, 0.1) is 0 Å². The molecule has 1 aliphatic carbocycles. The van der Waals surface area contributed by atoms with Gasteiger partial charge in [-0.25, -0.2) is 0 Å². The van der Waals surface area contributed by atoms with Crippen LogP contribution in [0.3, 0.4) is 0 Å². The Balaban J connectivity index is 1.55. The maximum absolute atomic E-state index is 12.7. The van der Waals surface area contributed by atoms with Crippen LogP contribution in [0.1, 0.15) is 63.4 Å². The molecule has 2 aliphatic rings. The number of hydrogen-bond donors (Lipinski definition) is 2. The number of nitrogens with zero attached hydrogens (tertiary/aromatic N) is 1. The molecular weight excluding hydrogens is 350 g/mol. The maximum atomic E-state index is 12.7. The molecule has 2 amide bonds. The molecule has 0 spiro atoms. The van der Waals surface area contributed by atoms with E-state index in [2.05, 4.69) is 15.5 Å². The minimum Gasteiger partial charge on any atom is -0.356 e. The van der Waals surface area contributed by atoms with E-state index in [-0.39, 0.29) is 17.7 Å². The second kappa shape index (κ2) is 11.2. The number of carbonyl (C=O) groups is 2. The van der Waals surface area contributed by atoms with Crippen LogP contribution in [0.15, 0.2) is 30.3 Å². The second-order valence-corrected chi connectivity index (χ2v) is 8.26. The molecule has 0 bridgehead atoms. The van der Waals surface area contributed by atoms with E-state index in [9.17, 15) is 9.59 Å². The number of rotatable bonds is 4. The quantitative estimate of drug-likeness (QED) is 0.836. The third-order valence-electron chi connectivity index (χ3n) is 6.21. The second-order valence-electron chi connectivity index (χ2n) is 8.26. The van der Waals surface area contributed by atoms with Gasteiger partial charge >= 0.3 is 0 Å². The van der Waals surface area contributed by atoms with E-state index in [1.165, 1.54) is 32.1 Å². The Kier molecular flexibility index (Phi) is 8.34. The van der Waals surface area contributed by atoms with Crippen molar-refractivity contribution in [3.63, 3.8) is 0 Å². The normalized spacial score (nSPS) is 23.4. The highest BCUT2D eigenvalue weighted by atomic mass is 16.2. The van der Waals surface area contributed by atoms with E-state index in [0.717, 1.165) is 37.9 Å². The average Bonchev–Trinajstić information content (AvgIpc) is 2.78. The standard InChI is InChI=1S/C23H35N3O2/c27-22-14-17-26(21-11-5-2-6-12-21)16-7-10-20(13-15-24-22)23(28)25-18-19-8-3-1-4-9-19/h1,3-4,8-9,20-21H,2,5-7,10-18H2,(H,24,27)(H,25,28). The lowest BCUT2D eigenvalue weighted by atomic mass is 9.93. The van der Waals surface area contributed by atoms with E-state index < -0.39 is 0 Å². The molecule has 2 fully saturated rings. The number of hydrogen-bond acceptors (Lipinski definition) is 3. The van der Waals surface area contributed by atoms with E-state index in [0.29, 0.717) is 25.6 Å². The molecule has 5 nitrogen and oxygen atoms in total. The molecule has 1 heterocycles. The Morgan fingerprint density at radius 1 is 1.00 bits per heavy atom. The fraction of sp³-hybridized carbons (Fsp3) is 0.652. The highest BCUT2D eigenvalue weighted by Crippen LogP contribution is 2.24. The zero-order chi connectivity index (χ0) is 19.6. The monoisotopic (exact) mass is 385 g/mol. The highest BCUT2D eigenvalue weighted by Gasteiger charge is 2.24. The number of amides is 2. The van der Waals surface area contributed by atoms with Crippen LogP contribution in [-0.2, 0) is 16.1 Å². The van der Waals surface area contributed by atoms with Crippen LogP contribution in [-0.4, -0.2) is 42.4 Å². The summed E-state index contributed by atoms with van der Waals surface area (Å²) in [5, 5.41) is 6.11. The zero-order valence-corrected chi connectivity index (χ0v) is 17.0. The number of nitrogens with one attached hydrogen (secondary N) is 2. The van der Waals surface area contributed by atoms with Crippen molar-refractivity contribution in [2.24, 2.45) is 5.92 Å². The Hall–Kier alpha value is -1.88. The molecule has 154 valence electrons. The van der Waals surface area contributed by atoms with Crippen molar-refractivity contribution in [2.45, 2.75) is 70.4 Å². The SMILES string of the molecule is O=C1CCN(C2CCCCC2)CCCC(C(=O)NCc2ccccc2)CCN1. The minimum absolute atomic E-state index is 0.0321. The first-order valence-electron chi connectivity index (χ1n) is 11.0. The average molecular weight is 386 g/mol. The molecule has 1 saturated carbocycles. The highest BCUT2D eigenvalue weighted by molar-refractivity contribution is 5.79. The lowest BCUT2D eigenvalue weighted by molar-refractivity contribution is -0.126. The van der Waals surface area contributed by atoms with Crippen LogP contribution in [0, 0.1) is 5.92 Å². The molecule has 0 aromatic heterocycles. The van der Waals surface area contributed by atoms with Crippen molar-refractivity contribution < 1.29 is 9.59 Å². The first kappa shape index (κ1) is 20.8. The molecule has 1 atom stereocenters. The van der Waals surface area contributed by atoms with Gasteiger partial charge in [-0.2, -0.15) is 0 Å². The summed E-state index contributed by atoms with van der Waals surface area (Å²) < 4.78 is 0. The number of carbonyl (C=O) groups excluding carboxylic acids is 2. The van der Waals surface area contributed by atoms with Crippen LogP contribution in [0.5, 0.6) is 0 Å². The summed E-state index contributed by atoms with van der Waals surface area (Å²) in [5.74, 6) is 0.197. The fourth-order valence-corrected chi connectivity index (χ4v) is 4.52. The van der Waals surface area contributed by atoms with Crippen molar-refractivity contribution in [3.8, 4) is 0 Å². The van der Waals surface area contributed by atoms with Gasteiger partial charge < -0.3 is 10.6 Å². The Morgan fingerprint density at radius 2 is 1.79 bits per heavy atom. The third kappa shape index (κ3) is 6.62. The van der Waals surface area contributed by atoms with E-state index >= 15 is 0 Å². The van der Waals surface area contributed by atoms with Gasteiger partial charge in [0.15, 0.2) is 0 Å². The summed E-state index contributed by atoms with van der Waals surface area (Å²) in [6.07, 6.45) is 9.65. The summed E-state index contributed by atoms with van der Waals surface area (Å²) in [5.41, 5.74) is 1.12. The molecule has 1 aromatic carbocycles. The van der Waals surface area contributed by atoms with Crippen molar-refractivity contribution in [3.05, 3.63) is 35.9 Å². The summed E-state index contributed by atoms with van der Waals surface area (Å²) in [6.45, 7) is 3.00. The Morgan fingerprint density at radius 3 is 2.57 bits per heavy atom. The smallest absolute Gasteiger partial charge is 0.223 e. The molecular formula is C23H35N3O2. The first-order chi connectivity index (χ1) is 13.7. The molecule has 1 unspecified atom stereocenters. The molecule has 1 aromatic rings. The summed E-state index contributed by atoms with van der Waals surface area (Å²) >= 11 is 0.